The number of fused-ring (bicyclic) bond motifs is 9. The van der Waals surface area contributed by atoms with Crippen molar-refractivity contribution in [2.45, 2.75) is 172 Å². The molecule has 6 aliphatic rings. The fourth-order valence-electron chi connectivity index (χ4n) is 18.1. The van der Waals surface area contributed by atoms with Crippen LogP contribution in [0.3, 0.4) is 0 Å². The molecule has 0 aliphatic carbocycles. The maximum Gasteiger partial charge on any atom is 0.283 e. The Morgan fingerprint density at radius 3 is 0.912 bits per heavy atom. The zero-order valence-corrected chi connectivity index (χ0v) is 65.1. The standard InChI is InChI=1S/2C29H34F5N3O.C29H35F4N3O2/c2*1-3-4-9-36-13-19(14-36)26(32)18-11-22(30)25(23(31)12-18)28-27-21(20-7-5-6-8-24(20)35-27)10-17(2)37(28)15-29(33,34)16-38;1-3-4-9-35-13-19(14-35)28(38)18-11-22(30)25(23(31)12-18)27-26-21(20-7-5-6-8-24(20)34-26)10-17(2)36(27)15-29(32,33)16-37/h2*5-8,11-12,17,19,26,28,35,38H,3-4,9-10,13-16H2,1-2H3;5-8,11-12,17,19,27-28,34,37-38H,3-4,9-10,13-16H2,1-2H3/t17-,26+,28-;17-,26-,28-;17-,27-,28?/m111/s1. The third kappa shape index (κ3) is 17.4. The molecule has 9 aromatic rings. The molecule has 0 bridgehead atoms. The van der Waals surface area contributed by atoms with Crippen LogP contribution in [-0.4, -0.2) is 199 Å². The van der Waals surface area contributed by atoms with Crippen LogP contribution >= 0.6 is 0 Å². The first-order valence-electron chi connectivity index (χ1n) is 40.0. The van der Waals surface area contributed by atoms with E-state index < -0.39 is 158 Å². The van der Waals surface area contributed by atoms with Gasteiger partial charge in [-0.05, 0) is 167 Å². The molecule has 618 valence electrons. The topological polar surface area (TPSA) is 148 Å². The lowest BCUT2D eigenvalue weighted by atomic mass is 9.85. The first kappa shape index (κ1) is 84.5. The molecule has 9 heterocycles. The maximum absolute atomic E-state index is 15.8. The number of para-hydroxylation sites is 3. The Kier molecular flexibility index (Phi) is 25.9. The lowest BCUT2D eigenvalue weighted by Crippen LogP contribution is -2.50. The Morgan fingerprint density at radius 1 is 0.395 bits per heavy atom. The quantitative estimate of drug-likeness (QED) is 0.0248. The molecular formula is C87H103F14N9O4. The molecule has 3 aromatic heterocycles. The number of hydrogen-bond acceptors (Lipinski definition) is 10. The number of halogens is 14. The molecule has 9 atom stereocenters. The molecular weight excluding hydrogens is 1500 g/mol. The highest BCUT2D eigenvalue weighted by atomic mass is 19.3. The van der Waals surface area contributed by atoms with Crippen molar-refractivity contribution >= 4 is 32.7 Å². The molecule has 114 heavy (non-hydrogen) atoms. The summed E-state index contributed by atoms with van der Waals surface area (Å²) in [6, 6.07) is 23.5. The first-order chi connectivity index (χ1) is 54.4. The first-order valence-corrected chi connectivity index (χ1v) is 40.0. The minimum Gasteiger partial charge on any atom is -0.390 e. The lowest BCUT2D eigenvalue weighted by molar-refractivity contribution is -0.0870. The molecule has 13 nitrogen and oxygen atoms in total. The summed E-state index contributed by atoms with van der Waals surface area (Å²) >= 11 is 0. The third-order valence-corrected chi connectivity index (χ3v) is 24.3. The van der Waals surface area contributed by atoms with Gasteiger partial charge < -0.3 is 50.1 Å². The van der Waals surface area contributed by atoms with Crippen molar-refractivity contribution in [3.8, 4) is 0 Å². The van der Waals surface area contributed by atoms with E-state index in [-0.39, 0.29) is 40.0 Å². The van der Waals surface area contributed by atoms with Crippen molar-refractivity contribution < 1.29 is 81.9 Å². The Morgan fingerprint density at radius 2 is 0.649 bits per heavy atom. The van der Waals surface area contributed by atoms with Crippen LogP contribution in [0.15, 0.2) is 109 Å². The second-order valence-electron chi connectivity index (χ2n) is 32.7. The summed E-state index contributed by atoms with van der Waals surface area (Å²) in [6.07, 6.45) is 3.37. The van der Waals surface area contributed by atoms with Crippen LogP contribution in [0.2, 0.25) is 0 Å². The molecule has 0 saturated carbocycles. The van der Waals surface area contributed by atoms with E-state index in [1.807, 2.05) is 72.8 Å². The summed E-state index contributed by atoms with van der Waals surface area (Å²) < 4.78 is 212. The van der Waals surface area contributed by atoms with Gasteiger partial charge in [0.2, 0.25) is 0 Å². The predicted molar refractivity (Wildman–Crippen MR) is 412 cm³/mol. The van der Waals surface area contributed by atoms with Gasteiger partial charge in [-0.15, -0.1) is 0 Å². The molecule has 0 spiro atoms. The molecule has 3 fully saturated rings. The highest BCUT2D eigenvalue weighted by Gasteiger charge is 2.49. The molecule has 6 aromatic carbocycles. The van der Waals surface area contributed by atoms with Crippen molar-refractivity contribution in [3.63, 3.8) is 0 Å². The smallest absolute Gasteiger partial charge is 0.283 e. The van der Waals surface area contributed by atoms with E-state index in [9.17, 15) is 46.8 Å². The summed E-state index contributed by atoms with van der Waals surface area (Å²) in [5.41, 5.74) is 4.92. The van der Waals surface area contributed by atoms with E-state index in [0.717, 1.165) is 144 Å². The number of aliphatic hydroxyl groups excluding tert-OH is 4. The second kappa shape index (κ2) is 35.0. The van der Waals surface area contributed by atoms with E-state index in [4.69, 9.17) is 0 Å². The van der Waals surface area contributed by atoms with Gasteiger partial charge in [0.05, 0.1) is 43.9 Å². The Hall–Kier alpha value is -7.44. The lowest BCUT2D eigenvalue weighted by Gasteiger charge is -2.43. The van der Waals surface area contributed by atoms with Gasteiger partial charge in [0.15, 0.2) is 0 Å². The Balaban J connectivity index is 0.000000149. The van der Waals surface area contributed by atoms with Crippen LogP contribution in [0.5, 0.6) is 0 Å². The molecule has 15 rings (SSSR count). The monoisotopic (exact) mass is 1600 g/mol. The number of likely N-dealkylation sites (tertiary alicyclic amines) is 3. The minimum absolute atomic E-state index is 0.0724. The van der Waals surface area contributed by atoms with E-state index in [0.29, 0.717) is 75.6 Å². The van der Waals surface area contributed by atoms with Crippen LogP contribution < -0.4 is 0 Å². The van der Waals surface area contributed by atoms with Gasteiger partial charge in [0, 0.05) is 142 Å². The Labute approximate surface area is 655 Å². The summed E-state index contributed by atoms with van der Waals surface area (Å²) in [4.78, 5) is 20.1. The number of nitrogens with zero attached hydrogens (tertiary/aromatic N) is 6. The van der Waals surface area contributed by atoms with Crippen LogP contribution in [0.4, 0.5) is 61.5 Å². The average Bonchev–Trinajstić information content (AvgIpc) is 1.53. The number of H-pyrrole nitrogens is 3. The third-order valence-electron chi connectivity index (χ3n) is 24.3. The second-order valence-corrected chi connectivity index (χ2v) is 32.7. The minimum atomic E-state index is -3.47. The molecule has 3 saturated heterocycles. The van der Waals surface area contributed by atoms with Gasteiger partial charge in [-0.25, -0.2) is 61.5 Å². The summed E-state index contributed by atoms with van der Waals surface area (Å²) in [7, 11) is 0. The summed E-state index contributed by atoms with van der Waals surface area (Å²) in [5, 5.41) is 41.3. The van der Waals surface area contributed by atoms with Crippen molar-refractivity contribution in [2.24, 2.45) is 17.8 Å². The molecule has 0 amide bonds. The highest BCUT2D eigenvalue weighted by molar-refractivity contribution is 5.87. The van der Waals surface area contributed by atoms with Crippen LogP contribution in [0, 0.1) is 52.7 Å². The summed E-state index contributed by atoms with van der Waals surface area (Å²) in [5.74, 6) is -16.8. The van der Waals surface area contributed by atoms with Gasteiger partial charge >= 0.3 is 0 Å². The number of unbranched alkanes of at least 4 members (excludes halogenated alkanes) is 3. The van der Waals surface area contributed by atoms with Crippen molar-refractivity contribution in [1.29, 1.82) is 0 Å². The van der Waals surface area contributed by atoms with Crippen LogP contribution in [0.1, 0.15) is 184 Å². The van der Waals surface area contributed by atoms with Crippen molar-refractivity contribution in [2.75, 3.05) is 98.4 Å². The highest BCUT2D eigenvalue weighted by Crippen LogP contribution is 2.50. The maximum atomic E-state index is 15.8. The molecule has 27 heteroatoms. The van der Waals surface area contributed by atoms with E-state index in [1.165, 1.54) is 14.7 Å². The van der Waals surface area contributed by atoms with E-state index in [2.05, 4.69) is 50.4 Å². The fraction of sp³-hybridized carbons (Fsp3) is 0.517. The Bertz CT molecular complexity index is 4270. The normalized spacial score (nSPS) is 22.0. The SMILES string of the molecule is CCCCN1CC(C(O)c2cc(F)c([C@@H]3c4[nH]c5ccccc5c4C[C@@H](C)N3CC(F)(F)CO)c(F)c2)C1.CCCCN1CC([C@@H](F)c2cc(F)c([C@@H]3c4[nH]c5ccccc5c4C[C@@H](C)N3CC(F)(F)CO)c(F)c2)C1.CCCCN1CC([C@H](F)c2cc(F)c([C@@H]3c4[nH]c5ccccc5c4C[C@@H](C)N3CC(F)(F)CO)c(F)c2)C1. The van der Waals surface area contributed by atoms with Gasteiger partial charge in [-0.2, -0.15) is 0 Å². The number of benzene rings is 6. The van der Waals surface area contributed by atoms with E-state index in [1.54, 1.807) is 20.8 Å². The molecule has 6 aliphatic heterocycles. The number of nitrogens with one attached hydrogen (secondary N) is 3. The van der Waals surface area contributed by atoms with Crippen LogP contribution in [0.25, 0.3) is 32.7 Å². The number of alkyl halides is 8. The van der Waals surface area contributed by atoms with Gasteiger partial charge in [-0.3, -0.25) is 14.7 Å². The predicted octanol–water partition coefficient (Wildman–Crippen LogP) is 17.5. The van der Waals surface area contributed by atoms with Gasteiger partial charge in [-0.1, -0.05) is 94.6 Å². The number of aromatic nitrogens is 3. The number of aliphatic hydroxyl groups is 4. The number of hydrogen-bond donors (Lipinski definition) is 7. The fourth-order valence-corrected chi connectivity index (χ4v) is 18.1. The molecule has 7 N–H and O–H groups in total. The van der Waals surface area contributed by atoms with Gasteiger partial charge in [0.25, 0.3) is 17.8 Å². The van der Waals surface area contributed by atoms with Gasteiger partial charge in [0.1, 0.15) is 67.1 Å². The summed E-state index contributed by atoms with van der Waals surface area (Å²) in [6.45, 7) is 10.9. The van der Waals surface area contributed by atoms with Crippen molar-refractivity contribution in [3.05, 3.63) is 211 Å². The molecule has 1 unspecified atom stereocenters. The number of aromatic amines is 3. The largest absolute Gasteiger partial charge is 0.390 e. The van der Waals surface area contributed by atoms with E-state index >= 15 is 35.1 Å². The molecule has 0 radical (unpaired) electrons. The average molecular weight is 1600 g/mol. The van der Waals surface area contributed by atoms with Crippen molar-refractivity contribution in [1.82, 2.24) is 44.4 Å². The zero-order valence-electron chi connectivity index (χ0n) is 65.1. The number of rotatable bonds is 27. The van der Waals surface area contributed by atoms with Crippen LogP contribution in [-0.2, 0) is 19.3 Å². The zero-order chi connectivity index (χ0) is 81.6.